The third-order valence-electron chi connectivity index (χ3n) is 4.55. The first-order valence-electron chi connectivity index (χ1n) is 7.58. The maximum Gasteiger partial charge on any atom is 0.133 e. The number of piperidine rings is 1. The van der Waals surface area contributed by atoms with Crippen molar-refractivity contribution in [2.24, 2.45) is 11.8 Å². The summed E-state index contributed by atoms with van der Waals surface area (Å²) >= 11 is 0. The van der Waals surface area contributed by atoms with E-state index in [9.17, 15) is 0 Å². The van der Waals surface area contributed by atoms with Gasteiger partial charge in [-0.3, -0.25) is 4.90 Å². The van der Waals surface area contributed by atoms with Crippen LogP contribution in [0.5, 0.6) is 0 Å². The van der Waals surface area contributed by atoms with Gasteiger partial charge in [0, 0.05) is 18.7 Å². The summed E-state index contributed by atoms with van der Waals surface area (Å²) in [6.07, 6.45) is 4.00. The van der Waals surface area contributed by atoms with E-state index >= 15 is 0 Å². The minimum atomic E-state index is 0.816. The van der Waals surface area contributed by atoms with Crippen LogP contribution in [0.3, 0.4) is 0 Å². The SMILES string of the molecule is Cc1cc(CN2CCC(CNC3CC3C)CC2)no1. The molecule has 1 aromatic heterocycles. The Morgan fingerprint density at radius 3 is 2.74 bits per heavy atom. The summed E-state index contributed by atoms with van der Waals surface area (Å²) in [4.78, 5) is 2.49. The molecule has 4 nitrogen and oxygen atoms in total. The van der Waals surface area contributed by atoms with Gasteiger partial charge in [0.2, 0.25) is 0 Å². The van der Waals surface area contributed by atoms with Crippen LogP contribution in [0.2, 0.25) is 0 Å². The van der Waals surface area contributed by atoms with Crippen molar-refractivity contribution < 1.29 is 4.52 Å². The Balaban J connectivity index is 1.37. The molecule has 2 atom stereocenters. The van der Waals surface area contributed by atoms with Gasteiger partial charge in [-0.1, -0.05) is 12.1 Å². The van der Waals surface area contributed by atoms with Crippen molar-refractivity contribution in [3.63, 3.8) is 0 Å². The summed E-state index contributed by atoms with van der Waals surface area (Å²) < 4.78 is 5.12. The molecular formula is C15H25N3O. The third kappa shape index (κ3) is 3.57. The van der Waals surface area contributed by atoms with Gasteiger partial charge >= 0.3 is 0 Å². The molecule has 2 aliphatic rings. The summed E-state index contributed by atoms with van der Waals surface area (Å²) in [5.41, 5.74) is 1.07. The van der Waals surface area contributed by atoms with Crippen molar-refractivity contribution in [3.8, 4) is 0 Å². The second kappa shape index (κ2) is 5.63. The van der Waals surface area contributed by atoms with Crippen LogP contribution >= 0.6 is 0 Å². The molecule has 0 amide bonds. The summed E-state index contributed by atoms with van der Waals surface area (Å²) in [6, 6.07) is 2.86. The molecule has 0 radical (unpaired) electrons. The van der Waals surface area contributed by atoms with E-state index in [-0.39, 0.29) is 0 Å². The molecule has 2 fully saturated rings. The van der Waals surface area contributed by atoms with Gasteiger partial charge in [0.15, 0.2) is 0 Å². The van der Waals surface area contributed by atoms with Gasteiger partial charge in [0.25, 0.3) is 0 Å². The first-order valence-corrected chi connectivity index (χ1v) is 7.58. The van der Waals surface area contributed by atoms with Crippen molar-refractivity contribution in [1.82, 2.24) is 15.4 Å². The van der Waals surface area contributed by atoms with Crippen LogP contribution in [0.25, 0.3) is 0 Å². The molecule has 0 spiro atoms. The number of aromatic nitrogens is 1. The van der Waals surface area contributed by atoms with E-state index in [2.05, 4.69) is 22.3 Å². The number of hydrogen-bond acceptors (Lipinski definition) is 4. The smallest absolute Gasteiger partial charge is 0.133 e. The Hall–Kier alpha value is -0.870. The third-order valence-corrected chi connectivity index (χ3v) is 4.55. The zero-order valence-corrected chi connectivity index (χ0v) is 12.1. The molecule has 19 heavy (non-hydrogen) atoms. The fourth-order valence-corrected chi connectivity index (χ4v) is 2.99. The van der Waals surface area contributed by atoms with Gasteiger partial charge in [0.1, 0.15) is 5.76 Å². The van der Waals surface area contributed by atoms with Gasteiger partial charge in [-0.2, -0.15) is 0 Å². The summed E-state index contributed by atoms with van der Waals surface area (Å²) in [7, 11) is 0. The first-order chi connectivity index (χ1) is 9.20. The van der Waals surface area contributed by atoms with Crippen LogP contribution < -0.4 is 5.32 Å². The molecule has 1 saturated heterocycles. The van der Waals surface area contributed by atoms with Crippen molar-refractivity contribution in [2.75, 3.05) is 19.6 Å². The van der Waals surface area contributed by atoms with Crippen LogP contribution in [0.4, 0.5) is 0 Å². The number of likely N-dealkylation sites (tertiary alicyclic amines) is 1. The highest BCUT2D eigenvalue weighted by Gasteiger charge is 2.32. The monoisotopic (exact) mass is 263 g/mol. The largest absolute Gasteiger partial charge is 0.361 e. The molecule has 0 aromatic carbocycles. The summed E-state index contributed by atoms with van der Waals surface area (Å²) in [6.45, 7) is 8.83. The van der Waals surface area contributed by atoms with Crippen molar-refractivity contribution >= 4 is 0 Å². The van der Waals surface area contributed by atoms with Crippen LogP contribution in [-0.2, 0) is 6.54 Å². The average Bonchev–Trinajstić information content (AvgIpc) is 2.96. The number of rotatable bonds is 5. The minimum Gasteiger partial charge on any atom is -0.361 e. The Labute approximate surface area is 115 Å². The lowest BCUT2D eigenvalue weighted by Gasteiger charge is -2.31. The molecule has 1 aliphatic carbocycles. The number of nitrogens with zero attached hydrogens (tertiary/aromatic N) is 2. The zero-order valence-electron chi connectivity index (χ0n) is 12.1. The van der Waals surface area contributed by atoms with Crippen LogP contribution in [0.1, 0.15) is 37.6 Å². The molecule has 0 bridgehead atoms. The van der Waals surface area contributed by atoms with E-state index in [1.807, 2.05) is 13.0 Å². The lowest BCUT2D eigenvalue weighted by molar-refractivity contribution is 0.171. The van der Waals surface area contributed by atoms with E-state index in [1.54, 1.807) is 0 Å². The van der Waals surface area contributed by atoms with Crippen molar-refractivity contribution in [2.45, 2.75) is 45.7 Å². The van der Waals surface area contributed by atoms with Crippen LogP contribution in [0.15, 0.2) is 10.6 Å². The maximum absolute atomic E-state index is 5.12. The highest BCUT2D eigenvalue weighted by molar-refractivity contribution is 5.03. The second-order valence-corrected chi connectivity index (χ2v) is 6.38. The lowest BCUT2D eigenvalue weighted by Crippen LogP contribution is -2.37. The Morgan fingerprint density at radius 1 is 1.42 bits per heavy atom. The molecule has 1 N–H and O–H groups in total. The molecule has 2 unspecified atom stereocenters. The standard InChI is InChI=1S/C15H25N3O/c1-11-7-15(11)16-9-13-3-5-18(6-4-13)10-14-8-12(2)19-17-14/h8,11,13,15-16H,3-7,9-10H2,1-2H3. The molecule has 1 saturated carbocycles. The molecular weight excluding hydrogens is 238 g/mol. The Kier molecular flexibility index (Phi) is 3.89. The minimum absolute atomic E-state index is 0.816. The van der Waals surface area contributed by atoms with E-state index in [4.69, 9.17) is 4.52 Å². The topological polar surface area (TPSA) is 41.3 Å². The van der Waals surface area contributed by atoms with Crippen LogP contribution in [0, 0.1) is 18.8 Å². The summed E-state index contributed by atoms with van der Waals surface area (Å²) in [5.74, 6) is 2.69. The van der Waals surface area contributed by atoms with Gasteiger partial charge in [0.05, 0.1) is 5.69 Å². The highest BCUT2D eigenvalue weighted by Crippen LogP contribution is 2.29. The van der Waals surface area contributed by atoms with Gasteiger partial charge in [-0.15, -0.1) is 0 Å². The highest BCUT2D eigenvalue weighted by atomic mass is 16.5. The molecule has 1 aromatic rings. The van der Waals surface area contributed by atoms with Crippen LogP contribution in [-0.4, -0.2) is 35.7 Å². The molecule has 3 rings (SSSR count). The lowest BCUT2D eigenvalue weighted by atomic mass is 9.96. The second-order valence-electron chi connectivity index (χ2n) is 6.38. The van der Waals surface area contributed by atoms with Crippen molar-refractivity contribution in [3.05, 3.63) is 17.5 Å². The quantitative estimate of drug-likeness (QED) is 0.884. The van der Waals surface area contributed by atoms with E-state index in [0.717, 1.165) is 35.9 Å². The Bertz CT molecular complexity index is 409. The van der Waals surface area contributed by atoms with E-state index < -0.39 is 0 Å². The zero-order chi connectivity index (χ0) is 13.2. The van der Waals surface area contributed by atoms with Crippen molar-refractivity contribution in [1.29, 1.82) is 0 Å². The summed E-state index contributed by atoms with van der Waals surface area (Å²) in [5, 5.41) is 7.77. The molecule has 106 valence electrons. The predicted molar refractivity (Wildman–Crippen MR) is 74.8 cm³/mol. The molecule has 1 aliphatic heterocycles. The number of nitrogens with one attached hydrogen (secondary N) is 1. The predicted octanol–water partition coefficient (Wildman–Crippen LogP) is 2.19. The molecule has 2 heterocycles. The van der Waals surface area contributed by atoms with Gasteiger partial charge in [-0.05, 0) is 57.7 Å². The number of aryl methyl sites for hydroxylation is 1. The normalized spacial score (nSPS) is 28.7. The van der Waals surface area contributed by atoms with Gasteiger partial charge < -0.3 is 9.84 Å². The molecule has 4 heteroatoms. The van der Waals surface area contributed by atoms with E-state index in [1.165, 1.54) is 38.9 Å². The fraction of sp³-hybridized carbons (Fsp3) is 0.800. The first kappa shape index (κ1) is 13.1. The average molecular weight is 263 g/mol. The Morgan fingerprint density at radius 2 is 2.16 bits per heavy atom. The number of hydrogen-bond donors (Lipinski definition) is 1. The fourth-order valence-electron chi connectivity index (χ4n) is 2.99. The van der Waals surface area contributed by atoms with Gasteiger partial charge in [-0.25, -0.2) is 0 Å². The van der Waals surface area contributed by atoms with E-state index in [0.29, 0.717) is 0 Å². The maximum atomic E-state index is 5.12.